The maximum absolute atomic E-state index is 11.7. The molecule has 4 saturated carbocycles. The summed E-state index contributed by atoms with van der Waals surface area (Å²) in [6.45, 7) is 16.4. The number of carbonyl (C=O) groups excluding carboxylic acids is 1. The minimum atomic E-state index is -0.279. The second kappa shape index (κ2) is 9.18. The van der Waals surface area contributed by atoms with Crippen LogP contribution in [0.3, 0.4) is 0 Å². The summed E-state index contributed by atoms with van der Waals surface area (Å²) in [6, 6.07) is 0. The Hall–Kier alpha value is -0.280. The molecule has 1 spiro atoms. The third kappa shape index (κ3) is 3.86. The fourth-order valence-corrected chi connectivity index (χ4v) is 11.3. The Morgan fingerprint density at radius 3 is 2.46 bits per heavy atom. The van der Waals surface area contributed by atoms with Crippen molar-refractivity contribution in [2.24, 2.45) is 52.3 Å². The standard InChI is InChI=1S/C31H51ClO3/c1-8-21(18(2)3)10-9-19(4)23-11-12-24-22-17-27(32)31-28(35-31)26(34-20(5)33)14-16-30(31,7)25(22)13-15-29(23,24)6/h18-19,21-28H,8-17H2,1-7H3/t19-,21-,22+,23-,24+,25+,26+,27+,28+,29-,30-,31+/m1/s1. The number of alkyl halides is 1. The topological polar surface area (TPSA) is 38.8 Å². The van der Waals surface area contributed by atoms with E-state index >= 15 is 0 Å². The van der Waals surface area contributed by atoms with Gasteiger partial charge in [0, 0.05) is 12.3 Å². The van der Waals surface area contributed by atoms with Gasteiger partial charge in [0.05, 0.1) is 5.38 Å². The van der Waals surface area contributed by atoms with E-state index in [4.69, 9.17) is 21.1 Å². The first-order valence-electron chi connectivity index (χ1n) is 15.0. The predicted molar refractivity (Wildman–Crippen MR) is 142 cm³/mol. The second-order valence-corrected chi connectivity index (χ2v) is 14.7. The lowest BCUT2D eigenvalue weighted by molar-refractivity contribution is -0.152. The van der Waals surface area contributed by atoms with Crippen molar-refractivity contribution in [3.63, 3.8) is 0 Å². The molecule has 0 aromatic carbocycles. The molecule has 0 radical (unpaired) electrons. The van der Waals surface area contributed by atoms with E-state index in [1.807, 2.05) is 0 Å². The van der Waals surface area contributed by atoms with Gasteiger partial charge in [0.15, 0.2) is 0 Å². The van der Waals surface area contributed by atoms with Crippen LogP contribution in [0.15, 0.2) is 0 Å². The van der Waals surface area contributed by atoms with Gasteiger partial charge in [-0.3, -0.25) is 4.79 Å². The van der Waals surface area contributed by atoms with Crippen molar-refractivity contribution in [3.05, 3.63) is 0 Å². The van der Waals surface area contributed by atoms with Crippen molar-refractivity contribution in [2.75, 3.05) is 0 Å². The van der Waals surface area contributed by atoms with Crippen LogP contribution in [-0.4, -0.2) is 29.2 Å². The summed E-state index contributed by atoms with van der Waals surface area (Å²) in [5.41, 5.74) is 0.301. The monoisotopic (exact) mass is 506 g/mol. The highest BCUT2D eigenvalue weighted by Gasteiger charge is 2.80. The number of hydrogen-bond donors (Lipinski definition) is 0. The van der Waals surface area contributed by atoms with Gasteiger partial charge in [-0.15, -0.1) is 11.6 Å². The van der Waals surface area contributed by atoms with Crippen LogP contribution in [0.5, 0.6) is 0 Å². The molecule has 0 bridgehead atoms. The van der Waals surface area contributed by atoms with Crippen LogP contribution in [-0.2, 0) is 14.3 Å². The molecule has 35 heavy (non-hydrogen) atoms. The van der Waals surface area contributed by atoms with Crippen LogP contribution in [0.4, 0.5) is 0 Å². The fourth-order valence-electron chi connectivity index (χ4n) is 10.7. The Bertz CT molecular complexity index is 813. The highest BCUT2D eigenvalue weighted by molar-refractivity contribution is 6.22. The molecule has 0 aromatic rings. The van der Waals surface area contributed by atoms with E-state index in [-0.39, 0.29) is 34.6 Å². The SMILES string of the molecule is CC[C@H](CC[C@@H](C)[C@H]1CC[C@H]2[C@@H]3C[C@H](Cl)[C@]45O[C@H]4[C@@H](OC(C)=O)CC[C@]5(C)[C@H]3CC[C@]12C)C(C)C. The smallest absolute Gasteiger partial charge is 0.302 e. The molecule has 4 aliphatic carbocycles. The lowest BCUT2D eigenvalue weighted by atomic mass is 9.44. The third-order valence-electron chi connectivity index (χ3n) is 12.6. The molecular weight excluding hydrogens is 456 g/mol. The van der Waals surface area contributed by atoms with E-state index in [2.05, 4.69) is 41.5 Å². The minimum absolute atomic E-state index is 0.00530. The summed E-state index contributed by atoms with van der Waals surface area (Å²) >= 11 is 7.28. The molecular formula is C31H51ClO3. The number of esters is 1. The number of fused-ring (bicyclic) bond motifs is 4. The molecule has 0 amide bonds. The molecule has 1 heterocycles. The van der Waals surface area contributed by atoms with Crippen LogP contribution in [0.2, 0.25) is 0 Å². The first kappa shape index (κ1) is 26.3. The highest BCUT2D eigenvalue weighted by atomic mass is 35.5. The Morgan fingerprint density at radius 1 is 1.06 bits per heavy atom. The van der Waals surface area contributed by atoms with Gasteiger partial charge in [-0.05, 0) is 98.2 Å². The van der Waals surface area contributed by atoms with Crippen LogP contribution >= 0.6 is 11.6 Å². The molecule has 200 valence electrons. The van der Waals surface area contributed by atoms with Crippen molar-refractivity contribution in [1.82, 2.24) is 0 Å². The molecule has 5 fully saturated rings. The third-order valence-corrected chi connectivity index (χ3v) is 13.1. The second-order valence-electron chi connectivity index (χ2n) is 14.2. The lowest BCUT2D eigenvalue weighted by Crippen LogP contribution is -2.63. The van der Waals surface area contributed by atoms with Crippen molar-refractivity contribution >= 4 is 17.6 Å². The van der Waals surface area contributed by atoms with Gasteiger partial charge in [-0.1, -0.05) is 54.4 Å². The zero-order valence-corrected chi connectivity index (χ0v) is 24.2. The molecule has 0 aromatic heterocycles. The largest absolute Gasteiger partial charge is 0.460 e. The molecule has 1 saturated heterocycles. The lowest BCUT2D eigenvalue weighted by Gasteiger charge is -2.61. The van der Waals surface area contributed by atoms with Gasteiger partial charge < -0.3 is 9.47 Å². The summed E-state index contributed by atoms with van der Waals surface area (Å²) in [7, 11) is 0. The summed E-state index contributed by atoms with van der Waals surface area (Å²) in [4.78, 5) is 11.7. The van der Waals surface area contributed by atoms with Gasteiger partial charge in [0.2, 0.25) is 0 Å². The number of halogens is 1. The average Bonchev–Trinajstić information content (AvgIpc) is 3.46. The molecule has 5 aliphatic rings. The van der Waals surface area contributed by atoms with E-state index in [1.165, 1.54) is 51.9 Å². The first-order valence-corrected chi connectivity index (χ1v) is 15.4. The van der Waals surface area contributed by atoms with E-state index in [0.717, 1.165) is 54.8 Å². The predicted octanol–water partition coefficient (Wildman–Crippen LogP) is 8.02. The Balaban J connectivity index is 1.32. The molecule has 0 N–H and O–H groups in total. The van der Waals surface area contributed by atoms with Gasteiger partial charge in [0.1, 0.15) is 17.8 Å². The van der Waals surface area contributed by atoms with Gasteiger partial charge in [-0.25, -0.2) is 0 Å². The van der Waals surface area contributed by atoms with E-state index in [9.17, 15) is 4.79 Å². The zero-order valence-electron chi connectivity index (χ0n) is 23.4. The van der Waals surface area contributed by atoms with Crippen LogP contribution in [0, 0.1) is 52.3 Å². The van der Waals surface area contributed by atoms with Crippen molar-refractivity contribution in [2.45, 2.75) is 136 Å². The Labute approximate surface area is 219 Å². The Morgan fingerprint density at radius 2 is 1.80 bits per heavy atom. The van der Waals surface area contributed by atoms with Crippen LogP contribution in [0.25, 0.3) is 0 Å². The molecule has 0 unspecified atom stereocenters. The normalized spacial score (nSPS) is 49.9. The molecule has 1 aliphatic heterocycles. The van der Waals surface area contributed by atoms with Gasteiger partial charge in [0.25, 0.3) is 0 Å². The summed E-state index contributed by atoms with van der Waals surface area (Å²) in [6.07, 6.45) is 12.6. The minimum Gasteiger partial charge on any atom is -0.460 e. The summed E-state index contributed by atoms with van der Waals surface area (Å²) < 4.78 is 12.2. The summed E-state index contributed by atoms with van der Waals surface area (Å²) in [5.74, 6) is 5.38. The van der Waals surface area contributed by atoms with E-state index < -0.39 is 0 Å². The highest BCUT2D eigenvalue weighted by Crippen LogP contribution is 2.74. The molecule has 5 rings (SSSR count). The summed E-state index contributed by atoms with van der Waals surface area (Å²) in [5, 5.41) is 0.0345. The number of ether oxygens (including phenoxy) is 2. The van der Waals surface area contributed by atoms with Crippen molar-refractivity contribution in [1.29, 1.82) is 0 Å². The number of hydrogen-bond acceptors (Lipinski definition) is 3. The molecule has 3 nitrogen and oxygen atoms in total. The van der Waals surface area contributed by atoms with E-state index in [0.29, 0.717) is 11.3 Å². The van der Waals surface area contributed by atoms with Crippen molar-refractivity contribution < 1.29 is 14.3 Å². The van der Waals surface area contributed by atoms with Gasteiger partial charge >= 0.3 is 5.97 Å². The number of epoxide rings is 1. The maximum Gasteiger partial charge on any atom is 0.302 e. The zero-order chi connectivity index (χ0) is 25.3. The number of carbonyl (C=O) groups is 1. The van der Waals surface area contributed by atoms with Crippen LogP contribution < -0.4 is 0 Å². The maximum atomic E-state index is 11.7. The van der Waals surface area contributed by atoms with Gasteiger partial charge in [-0.2, -0.15) is 0 Å². The van der Waals surface area contributed by atoms with Crippen LogP contribution in [0.1, 0.15) is 113 Å². The Kier molecular flexibility index (Phi) is 6.90. The molecule has 12 atom stereocenters. The first-order chi connectivity index (χ1) is 16.5. The number of rotatable bonds is 7. The van der Waals surface area contributed by atoms with Crippen molar-refractivity contribution in [3.8, 4) is 0 Å². The average molecular weight is 507 g/mol. The quantitative estimate of drug-likeness (QED) is 0.199. The fraction of sp³-hybridized carbons (Fsp3) is 0.968. The van der Waals surface area contributed by atoms with E-state index in [1.54, 1.807) is 0 Å². The molecule has 4 heteroatoms.